The molecule has 28 heavy (non-hydrogen) atoms. The molecule has 0 saturated carbocycles. The molecule has 0 fully saturated rings. The highest BCUT2D eigenvalue weighted by atomic mass is 16.5. The summed E-state index contributed by atoms with van der Waals surface area (Å²) >= 11 is 0. The minimum atomic E-state index is -0.258. The normalized spacial score (nSPS) is 10.9. The van der Waals surface area contributed by atoms with Crippen molar-refractivity contribution in [1.29, 1.82) is 0 Å². The molecule has 0 unspecified atom stereocenters. The van der Waals surface area contributed by atoms with Crippen molar-refractivity contribution in [3.05, 3.63) is 59.7 Å². The van der Waals surface area contributed by atoms with Gasteiger partial charge in [0.15, 0.2) is 17.3 Å². The van der Waals surface area contributed by atoms with Gasteiger partial charge in [-0.25, -0.2) is 0 Å². The minimum Gasteiger partial charge on any atom is -0.493 e. The van der Waals surface area contributed by atoms with Crippen LogP contribution in [0.5, 0.6) is 11.5 Å². The number of rotatable bonds is 9. The zero-order valence-corrected chi connectivity index (χ0v) is 16.8. The lowest BCUT2D eigenvalue weighted by molar-refractivity contribution is -0.111. The standard InChI is InChI=1S/C23H27NO4/c1-16(2)13-14-28-21-11-5-18(15-22(21)27-4)6-12-23(26)24-20-9-7-19(8-10-20)17(3)25/h5-12,15-16H,13-14H2,1-4H3,(H,24,26). The molecular weight excluding hydrogens is 354 g/mol. The van der Waals surface area contributed by atoms with Gasteiger partial charge in [-0.3, -0.25) is 9.59 Å². The van der Waals surface area contributed by atoms with Gasteiger partial charge in [-0.1, -0.05) is 19.9 Å². The minimum absolute atomic E-state index is 0.0108. The Labute approximate surface area is 166 Å². The second kappa shape index (κ2) is 10.3. The smallest absolute Gasteiger partial charge is 0.248 e. The van der Waals surface area contributed by atoms with E-state index in [1.54, 1.807) is 37.5 Å². The topological polar surface area (TPSA) is 64.6 Å². The van der Waals surface area contributed by atoms with Crippen LogP contribution < -0.4 is 14.8 Å². The first kappa shape index (κ1) is 21.2. The average molecular weight is 381 g/mol. The van der Waals surface area contributed by atoms with Crippen molar-refractivity contribution in [3.8, 4) is 11.5 Å². The first-order valence-electron chi connectivity index (χ1n) is 9.30. The molecule has 0 heterocycles. The van der Waals surface area contributed by atoms with Gasteiger partial charge in [0.05, 0.1) is 13.7 Å². The molecule has 2 rings (SSSR count). The van der Waals surface area contributed by atoms with E-state index in [1.807, 2.05) is 18.2 Å². The second-order valence-corrected chi connectivity index (χ2v) is 6.90. The monoisotopic (exact) mass is 381 g/mol. The van der Waals surface area contributed by atoms with E-state index in [0.717, 1.165) is 12.0 Å². The Morgan fingerprint density at radius 1 is 1.07 bits per heavy atom. The summed E-state index contributed by atoms with van der Waals surface area (Å²) in [5.74, 6) is 1.63. The number of hydrogen-bond donors (Lipinski definition) is 1. The zero-order valence-electron chi connectivity index (χ0n) is 16.8. The summed E-state index contributed by atoms with van der Waals surface area (Å²) in [6.07, 6.45) is 4.13. The number of benzene rings is 2. The summed E-state index contributed by atoms with van der Waals surface area (Å²) in [6.45, 7) is 6.44. The molecule has 5 nitrogen and oxygen atoms in total. The van der Waals surface area contributed by atoms with Crippen LogP contribution >= 0.6 is 0 Å². The summed E-state index contributed by atoms with van der Waals surface area (Å²) in [6, 6.07) is 12.3. The molecule has 2 aromatic carbocycles. The Balaban J connectivity index is 1.98. The third-order valence-electron chi connectivity index (χ3n) is 4.13. The number of Topliss-reactive ketones (excluding diaryl/α,β-unsaturated/α-hetero) is 1. The Morgan fingerprint density at radius 3 is 2.39 bits per heavy atom. The van der Waals surface area contributed by atoms with Crippen LogP contribution in [0.3, 0.4) is 0 Å². The quantitative estimate of drug-likeness (QED) is 0.492. The lowest BCUT2D eigenvalue weighted by Gasteiger charge is -2.12. The number of hydrogen-bond acceptors (Lipinski definition) is 4. The largest absolute Gasteiger partial charge is 0.493 e. The Bertz CT molecular complexity index is 838. The summed E-state index contributed by atoms with van der Waals surface area (Å²) in [7, 11) is 1.59. The van der Waals surface area contributed by atoms with Gasteiger partial charge in [-0.15, -0.1) is 0 Å². The lowest BCUT2D eigenvalue weighted by atomic mass is 10.1. The van der Waals surface area contributed by atoms with Crippen molar-refractivity contribution in [2.45, 2.75) is 27.2 Å². The summed E-state index contributed by atoms with van der Waals surface area (Å²) in [5.41, 5.74) is 2.07. The third-order valence-corrected chi connectivity index (χ3v) is 4.13. The first-order valence-corrected chi connectivity index (χ1v) is 9.30. The highest BCUT2D eigenvalue weighted by Crippen LogP contribution is 2.29. The maximum atomic E-state index is 12.1. The van der Waals surface area contributed by atoms with Crippen LogP contribution in [-0.4, -0.2) is 25.4 Å². The van der Waals surface area contributed by atoms with E-state index < -0.39 is 0 Å². The predicted octanol–water partition coefficient (Wildman–Crippen LogP) is 4.97. The molecule has 5 heteroatoms. The number of ketones is 1. The molecule has 0 atom stereocenters. The van der Waals surface area contributed by atoms with Crippen LogP contribution in [0, 0.1) is 5.92 Å². The van der Waals surface area contributed by atoms with Gasteiger partial charge in [0.1, 0.15) is 0 Å². The van der Waals surface area contributed by atoms with E-state index in [-0.39, 0.29) is 11.7 Å². The van der Waals surface area contributed by atoms with Crippen LogP contribution in [0.1, 0.15) is 43.1 Å². The van der Waals surface area contributed by atoms with Crippen molar-refractivity contribution in [2.24, 2.45) is 5.92 Å². The summed E-state index contributed by atoms with van der Waals surface area (Å²) < 4.78 is 11.2. The molecule has 0 aliphatic heterocycles. The average Bonchev–Trinajstić information content (AvgIpc) is 2.67. The number of nitrogens with one attached hydrogen (secondary N) is 1. The van der Waals surface area contributed by atoms with Gasteiger partial charge in [0.25, 0.3) is 0 Å². The first-order chi connectivity index (χ1) is 13.4. The second-order valence-electron chi connectivity index (χ2n) is 6.90. The third kappa shape index (κ3) is 6.58. The molecule has 2 aromatic rings. The van der Waals surface area contributed by atoms with Crippen LogP contribution in [-0.2, 0) is 4.79 Å². The molecular formula is C23H27NO4. The van der Waals surface area contributed by atoms with Crippen molar-refractivity contribution in [2.75, 3.05) is 19.0 Å². The maximum Gasteiger partial charge on any atom is 0.248 e. The van der Waals surface area contributed by atoms with Gasteiger partial charge in [0.2, 0.25) is 5.91 Å². The van der Waals surface area contributed by atoms with E-state index in [1.165, 1.54) is 13.0 Å². The molecule has 0 aromatic heterocycles. The van der Waals surface area contributed by atoms with Crippen molar-refractivity contribution < 1.29 is 19.1 Å². The highest BCUT2D eigenvalue weighted by Gasteiger charge is 2.06. The SMILES string of the molecule is COc1cc(C=CC(=O)Nc2ccc(C(C)=O)cc2)ccc1OCCC(C)C. The van der Waals surface area contributed by atoms with E-state index in [9.17, 15) is 9.59 Å². The molecule has 0 radical (unpaired) electrons. The van der Waals surface area contributed by atoms with Crippen molar-refractivity contribution in [1.82, 2.24) is 0 Å². The van der Waals surface area contributed by atoms with E-state index in [4.69, 9.17) is 9.47 Å². The van der Waals surface area contributed by atoms with Gasteiger partial charge in [-0.05, 0) is 67.3 Å². The predicted molar refractivity (Wildman–Crippen MR) is 112 cm³/mol. The molecule has 0 aliphatic rings. The Morgan fingerprint density at radius 2 is 1.79 bits per heavy atom. The van der Waals surface area contributed by atoms with Gasteiger partial charge >= 0.3 is 0 Å². The molecule has 0 spiro atoms. The van der Waals surface area contributed by atoms with Crippen LogP contribution in [0.15, 0.2) is 48.5 Å². The Hall–Kier alpha value is -3.08. The number of anilines is 1. The molecule has 1 amide bonds. The number of carbonyl (C=O) groups is 2. The molecule has 0 aliphatic carbocycles. The Kier molecular flexibility index (Phi) is 7.81. The van der Waals surface area contributed by atoms with Crippen LogP contribution in [0.25, 0.3) is 6.08 Å². The molecule has 0 saturated heterocycles. The number of carbonyl (C=O) groups excluding carboxylic acids is 2. The summed E-state index contributed by atoms with van der Waals surface area (Å²) in [5, 5.41) is 2.76. The summed E-state index contributed by atoms with van der Waals surface area (Å²) in [4.78, 5) is 23.4. The highest BCUT2D eigenvalue weighted by molar-refractivity contribution is 6.02. The zero-order chi connectivity index (χ0) is 20.5. The molecule has 148 valence electrons. The number of amides is 1. The fourth-order valence-electron chi connectivity index (χ4n) is 2.46. The number of methoxy groups -OCH3 is 1. The van der Waals surface area contributed by atoms with Crippen molar-refractivity contribution in [3.63, 3.8) is 0 Å². The van der Waals surface area contributed by atoms with E-state index in [2.05, 4.69) is 19.2 Å². The van der Waals surface area contributed by atoms with Crippen LogP contribution in [0.4, 0.5) is 5.69 Å². The fourth-order valence-corrected chi connectivity index (χ4v) is 2.46. The van der Waals surface area contributed by atoms with Gasteiger partial charge in [-0.2, -0.15) is 0 Å². The van der Waals surface area contributed by atoms with Gasteiger partial charge < -0.3 is 14.8 Å². The molecule has 0 bridgehead atoms. The van der Waals surface area contributed by atoms with Crippen LogP contribution in [0.2, 0.25) is 0 Å². The number of ether oxygens (including phenoxy) is 2. The van der Waals surface area contributed by atoms with E-state index >= 15 is 0 Å². The lowest BCUT2D eigenvalue weighted by Crippen LogP contribution is -2.07. The van der Waals surface area contributed by atoms with Crippen molar-refractivity contribution >= 4 is 23.5 Å². The van der Waals surface area contributed by atoms with Gasteiger partial charge in [0, 0.05) is 17.3 Å². The maximum absolute atomic E-state index is 12.1. The molecule has 1 N–H and O–H groups in total. The van der Waals surface area contributed by atoms with E-state index in [0.29, 0.717) is 35.3 Å². The fraction of sp³-hybridized carbons (Fsp3) is 0.304.